The maximum absolute atomic E-state index is 11.0. The van der Waals surface area contributed by atoms with E-state index in [2.05, 4.69) is 0 Å². The third-order valence-electron chi connectivity index (χ3n) is 1.76. The van der Waals surface area contributed by atoms with Gasteiger partial charge >= 0.3 is 0 Å². The first-order chi connectivity index (χ1) is 7.06. The van der Waals surface area contributed by atoms with Crippen LogP contribution in [0.4, 0.5) is 5.69 Å². The highest BCUT2D eigenvalue weighted by Gasteiger charge is 2.22. The number of methoxy groups -OCH3 is 1. The lowest BCUT2D eigenvalue weighted by Gasteiger charge is -2.10. The van der Waals surface area contributed by atoms with Gasteiger partial charge in [-0.2, -0.15) is 0 Å². The van der Waals surface area contributed by atoms with Crippen molar-refractivity contribution in [1.82, 2.24) is 0 Å². The van der Waals surface area contributed by atoms with Crippen molar-refractivity contribution in [3.8, 4) is 5.75 Å². The van der Waals surface area contributed by atoms with Crippen molar-refractivity contribution in [2.45, 2.75) is 6.92 Å². The molecule has 0 aliphatic carbocycles. The number of carbonyl (C=O) groups is 1. The second-order valence-corrected chi connectivity index (χ2v) is 2.77. The zero-order valence-electron chi connectivity index (χ0n) is 8.34. The number of amides is 1. The van der Waals surface area contributed by atoms with Crippen molar-refractivity contribution in [3.05, 3.63) is 34.4 Å². The maximum atomic E-state index is 11.0. The summed E-state index contributed by atoms with van der Waals surface area (Å²) in [7, 11) is 1.45. The third-order valence-corrected chi connectivity index (χ3v) is 1.76. The van der Waals surface area contributed by atoms with Gasteiger partial charge in [0.1, 0.15) is 11.4 Å². The molecule has 0 bridgehead atoms. The number of carbonyl (C=O) groups excluding carboxylic acids is 1. The Hall–Kier alpha value is -2.11. The van der Waals surface area contributed by atoms with E-state index < -0.39 is 10.9 Å². The van der Waals surface area contributed by atoms with Crippen LogP contribution in [-0.2, 0) is 4.79 Å². The zero-order chi connectivity index (χ0) is 11.4. The van der Waals surface area contributed by atoms with Crippen molar-refractivity contribution in [2.75, 3.05) is 12.1 Å². The van der Waals surface area contributed by atoms with Gasteiger partial charge in [-0.05, 0) is 17.1 Å². The first-order valence-electron chi connectivity index (χ1n) is 4.15. The molecule has 0 radical (unpaired) electrons. The fraction of sp³-hybridized carbons (Fsp3) is 0.222. The van der Waals surface area contributed by atoms with E-state index in [1.54, 1.807) is 12.1 Å². The largest absolute Gasteiger partial charge is 0.497 e. The first kappa shape index (κ1) is 11.0. The van der Waals surface area contributed by atoms with Crippen molar-refractivity contribution >= 4 is 11.6 Å². The lowest BCUT2D eigenvalue weighted by Crippen LogP contribution is -2.34. The number of rotatable bonds is 3. The molecule has 6 nitrogen and oxygen atoms in total. The molecular formula is C9H10N2O4. The van der Waals surface area contributed by atoms with Gasteiger partial charge in [-0.1, -0.05) is 6.07 Å². The SMILES string of the molecule is COc1cccc(N(C(C)=O)[N+](=O)[O-])c1. The molecule has 0 saturated heterocycles. The fourth-order valence-corrected chi connectivity index (χ4v) is 1.13. The minimum atomic E-state index is -0.767. The number of nitrogens with zero attached hydrogens (tertiary/aromatic N) is 2. The molecule has 0 fully saturated rings. The number of anilines is 1. The number of ether oxygens (including phenoxy) is 1. The number of benzene rings is 1. The highest BCUT2D eigenvalue weighted by molar-refractivity contribution is 5.89. The molecule has 15 heavy (non-hydrogen) atoms. The molecule has 0 heterocycles. The monoisotopic (exact) mass is 210 g/mol. The van der Waals surface area contributed by atoms with Crippen LogP contribution in [-0.4, -0.2) is 18.0 Å². The highest BCUT2D eigenvalue weighted by atomic mass is 16.7. The number of hydrogen-bond donors (Lipinski definition) is 0. The van der Waals surface area contributed by atoms with Crippen molar-refractivity contribution in [1.29, 1.82) is 0 Å². The summed E-state index contributed by atoms with van der Waals surface area (Å²) in [6.07, 6.45) is 0. The van der Waals surface area contributed by atoms with Gasteiger partial charge in [-0.3, -0.25) is 4.79 Å². The molecule has 0 unspecified atom stereocenters. The van der Waals surface area contributed by atoms with Crippen LogP contribution < -0.4 is 9.75 Å². The molecule has 0 spiro atoms. The number of nitro groups is 1. The van der Waals surface area contributed by atoms with Gasteiger partial charge in [-0.15, -0.1) is 0 Å². The van der Waals surface area contributed by atoms with Crippen LogP contribution in [0, 0.1) is 10.1 Å². The van der Waals surface area contributed by atoms with Crippen LogP contribution >= 0.6 is 0 Å². The average molecular weight is 210 g/mol. The molecule has 0 atom stereocenters. The Bertz CT molecular complexity index is 377. The van der Waals surface area contributed by atoms with Gasteiger partial charge in [-0.25, -0.2) is 10.1 Å². The van der Waals surface area contributed by atoms with Crippen LogP contribution in [0.25, 0.3) is 0 Å². The summed E-state index contributed by atoms with van der Waals surface area (Å²) in [5, 5.41) is 10.3. The van der Waals surface area contributed by atoms with E-state index >= 15 is 0 Å². The lowest BCUT2D eigenvalue weighted by molar-refractivity contribution is -0.483. The average Bonchev–Trinajstić information content (AvgIpc) is 2.17. The van der Waals surface area contributed by atoms with E-state index in [-0.39, 0.29) is 5.69 Å². The van der Waals surface area contributed by atoms with Crippen molar-refractivity contribution < 1.29 is 14.6 Å². The predicted octanol–water partition coefficient (Wildman–Crippen LogP) is 1.24. The highest BCUT2D eigenvalue weighted by Crippen LogP contribution is 2.20. The van der Waals surface area contributed by atoms with E-state index in [1.165, 1.54) is 19.2 Å². The minimum Gasteiger partial charge on any atom is -0.497 e. The van der Waals surface area contributed by atoms with Gasteiger partial charge in [0.25, 0.3) is 5.91 Å². The topological polar surface area (TPSA) is 72.7 Å². The Labute approximate surface area is 86.2 Å². The van der Waals surface area contributed by atoms with Crippen LogP contribution in [0.5, 0.6) is 5.75 Å². The molecule has 0 aliphatic rings. The molecule has 0 saturated carbocycles. The molecule has 0 N–H and O–H groups in total. The molecule has 1 aromatic rings. The molecule has 6 heteroatoms. The Morgan fingerprint density at radius 2 is 2.20 bits per heavy atom. The Balaban J connectivity index is 3.11. The fourth-order valence-electron chi connectivity index (χ4n) is 1.13. The summed E-state index contributed by atoms with van der Waals surface area (Å²) in [6.45, 7) is 1.13. The summed E-state index contributed by atoms with van der Waals surface area (Å²) < 4.78 is 4.90. The van der Waals surface area contributed by atoms with Crippen LogP contribution in [0.15, 0.2) is 24.3 Å². The quantitative estimate of drug-likeness (QED) is 0.555. The predicted molar refractivity (Wildman–Crippen MR) is 53.1 cm³/mol. The second kappa shape index (κ2) is 4.41. The van der Waals surface area contributed by atoms with Gasteiger partial charge in [0.15, 0.2) is 5.03 Å². The standard InChI is InChI=1S/C9H10N2O4/c1-7(12)10(11(13)14)8-4-3-5-9(6-8)15-2/h3-6H,1-2H3. The molecule has 0 aliphatic heterocycles. The summed E-state index contributed by atoms with van der Waals surface area (Å²) in [5.41, 5.74) is 0.173. The van der Waals surface area contributed by atoms with E-state index in [0.29, 0.717) is 10.8 Å². The number of hydrazine groups is 1. The number of hydrogen-bond acceptors (Lipinski definition) is 4. The summed E-state index contributed by atoms with van der Waals surface area (Å²) in [6, 6.07) is 6.10. The molecule has 80 valence electrons. The zero-order valence-corrected chi connectivity index (χ0v) is 8.34. The maximum Gasteiger partial charge on any atom is 0.286 e. The van der Waals surface area contributed by atoms with Gasteiger partial charge in [0.05, 0.1) is 7.11 Å². The minimum absolute atomic E-state index is 0.173. The van der Waals surface area contributed by atoms with Crippen molar-refractivity contribution in [2.24, 2.45) is 0 Å². The van der Waals surface area contributed by atoms with E-state index in [4.69, 9.17) is 4.74 Å². The van der Waals surface area contributed by atoms with Crippen molar-refractivity contribution in [3.63, 3.8) is 0 Å². The Morgan fingerprint density at radius 3 is 2.67 bits per heavy atom. The molecular weight excluding hydrogens is 200 g/mol. The molecule has 1 amide bonds. The molecule has 0 aromatic heterocycles. The normalized spacial score (nSPS) is 9.47. The van der Waals surface area contributed by atoms with Crippen LogP contribution in [0.2, 0.25) is 0 Å². The van der Waals surface area contributed by atoms with E-state index in [1.807, 2.05) is 0 Å². The summed E-state index contributed by atoms with van der Waals surface area (Å²) in [4.78, 5) is 21.6. The Morgan fingerprint density at radius 1 is 1.53 bits per heavy atom. The van der Waals surface area contributed by atoms with Crippen LogP contribution in [0.1, 0.15) is 6.92 Å². The van der Waals surface area contributed by atoms with Gasteiger partial charge < -0.3 is 4.74 Å². The molecule has 1 aromatic carbocycles. The smallest absolute Gasteiger partial charge is 0.286 e. The summed E-state index contributed by atoms with van der Waals surface area (Å²) >= 11 is 0. The van der Waals surface area contributed by atoms with Crippen LogP contribution in [0.3, 0.4) is 0 Å². The van der Waals surface area contributed by atoms with E-state index in [0.717, 1.165) is 6.92 Å². The van der Waals surface area contributed by atoms with E-state index in [9.17, 15) is 14.9 Å². The van der Waals surface area contributed by atoms with Gasteiger partial charge in [0, 0.05) is 13.0 Å². The third kappa shape index (κ3) is 2.43. The molecule has 1 rings (SSSR count). The Kier molecular flexibility index (Phi) is 3.22. The van der Waals surface area contributed by atoms with Gasteiger partial charge in [0.2, 0.25) is 0 Å². The second-order valence-electron chi connectivity index (χ2n) is 2.77. The lowest BCUT2D eigenvalue weighted by atomic mass is 10.3. The first-order valence-corrected chi connectivity index (χ1v) is 4.15. The summed E-state index contributed by atoms with van der Waals surface area (Å²) in [5.74, 6) is -0.200.